The number of carbonyl (C=O) groups excluding carboxylic acids is 1. The molecule has 7 heteroatoms. The minimum atomic E-state index is -0.186. The summed E-state index contributed by atoms with van der Waals surface area (Å²) in [5.74, 6) is -0.186. The van der Waals surface area contributed by atoms with Crippen LogP contribution < -0.4 is 10.2 Å². The van der Waals surface area contributed by atoms with Crippen LogP contribution in [0.25, 0.3) is 0 Å². The topological polar surface area (TPSA) is 41.6 Å². The summed E-state index contributed by atoms with van der Waals surface area (Å²) in [6.45, 7) is 2.93. The molecule has 1 fully saturated rings. The van der Waals surface area contributed by atoms with Gasteiger partial charge in [-0.2, -0.15) is 0 Å². The lowest BCUT2D eigenvalue weighted by atomic mass is 10.2. The van der Waals surface area contributed by atoms with Gasteiger partial charge in [0.1, 0.15) is 0 Å². The minimum Gasteiger partial charge on any atom is -0.378 e. The van der Waals surface area contributed by atoms with Crippen molar-refractivity contribution in [2.75, 3.05) is 36.5 Å². The van der Waals surface area contributed by atoms with Gasteiger partial charge in [0.05, 0.1) is 33.8 Å². The Morgan fingerprint density at radius 2 is 1.95 bits per heavy atom. The molecule has 2 aromatic rings. The van der Waals surface area contributed by atoms with E-state index in [2.05, 4.69) is 10.2 Å². The minimum absolute atomic E-state index is 0.186. The molecule has 3 rings (SSSR count). The van der Waals surface area contributed by atoms with E-state index in [0.29, 0.717) is 33.1 Å². The maximum absolute atomic E-state index is 12.3. The number of halogens is 2. The number of nitrogens with one attached hydrogen (secondary N) is 1. The number of hydrogen-bond donors (Lipinski definition) is 1. The second kappa shape index (κ2) is 6.87. The summed E-state index contributed by atoms with van der Waals surface area (Å²) in [7, 11) is 0. The van der Waals surface area contributed by atoms with Crippen molar-refractivity contribution in [3.63, 3.8) is 0 Å². The zero-order valence-electron chi connectivity index (χ0n) is 11.6. The highest BCUT2D eigenvalue weighted by atomic mass is 35.5. The van der Waals surface area contributed by atoms with Gasteiger partial charge in [-0.25, -0.2) is 0 Å². The van der Waals surface area contributed by atoms with Gasteiger partial charge >= 0.3 is 0 Å². The van der Waals surface area contributed by atoms with Gasteiger partial charge < -0.3 is 15.0 Å². The lowest BCUT2D eigenvalue weighted by Gasteiger charge is -2.30. The molecule has 0 bridgehead atoms. The van der Waals surface area contributed by atoms with Gasteiger partial charge in [0.25, 0.3) is 5.91 Å². The van der Waals surface area contributed by atoms with Crippen molar-refractivity contribution in [1.82, 2.24) is 0 Å². The Morgan fingerprint density at radius 3 is 2.64 bits per heavy atom. The van der Waals surface area contributed by atoms with Crippen LogP contribution >= 0.6 is 34.5 Å². The van der Waals surface area contributed by atoms with Crippen LogP contribution in [0.1, 0.15) is 9.67 Å². The predicted molar refractivity (Wildman–Crippen MR) is 91.8 cm³/mol. The Labute approximate surface area is 142 Å². The van der Waals surface area contributed by atoms with E-state index in [0.717, 1.165) is 18.8 Å². The van der Waals surface area contributed by atoms with Crippen molar-refractivity contribution >= 4 is 51.8 Å². The van der Waals surface area contributed by atoms with Gasteiger partial charge in [-0.3, -0.25) is 4.79 Å². The highest BCUT2D eigenvalue weighted by molar-refractivity contribution is 7.18. The quantitative estimate of drug-likeness (QED) is 0.898. The molecule has 2 heterocycles. The van der Waals surface area contributed by atoms with Gasteiger partial charge in [0, 0.05) is 18.1 Å². The molecule has 1 amide bonds. The fourth-order valence-corrected chi connectivity index (χ4v) is 3.42. The number of carbonyl (C=O) groups is 1. The number of benzene rings is 1. The van der Waals surface area contributed by atoms with Gasteiger partial charge in [0.15, 0.2) is 0 Å². The van der Waals surface area contributed by atoms with Crippen molar-refractivity contribution < 1.29 is 9.53 Å². The zero-order valence-corrected chi connectivity index (χ0v) is 14.0. The molecule has 0 radical (unpaired) electrons. The third-order valence-corrected chi connectivity index (χ3v) is 4.82. The highest BCUT2D eigenvalue weighted by Gasteiger charge is 2.17. The molecule has 4 nitrogen and oxygen atoms in total. The van der Waals surface area contributed by atoms with Crippen LogP contribution in [0.4, 0.5) is 11.4 Å². The predicted octanol–water partition coefficient (Wildman–Crippen LogP) is 4.14. The van der Waals surface area contributed by atoms with Crippen molar-refractivity contribution in [2.45, 2.75) is 0 Å². The Bertz CT molecular complexity index is 684. The molecule has 0 saturated carbocycles. The maximum Gasteiger partial charge on any atom is 0.265 e. The van der Waals surface area contributed by atoms with E-state index in [1.807, 2.05) is 12.1 Å². The monoisotopic (exact) mass is 356 g/mol. The first-order chi connectivity index (χ1) is 10.6. The lowest BCUT2D eigenvalue weighted by Crippen LogP contribution is -2.36. The molecular formula is C15H14Cl2N2O2S. The average Bonchev–Trinajstić information content (AvgIpc) is 2.95. The number of ether oxygens (including phenoxy) is 1. The molecule has 22 heavy (non-hydrogen) atoms. The van der Waals surface area contributed by atoms with Crippen LogP contribution in [0.15, 0.2) is 30.3 Å². The lowest BCUT2D eigenvalue weighted by molar-refractivity contribution is 0.103. The number of hydrogen-bond acceptors (Lipinski definition) is 4. The second-order valence-corrected chi connectivity index (χ2v) is 6.97. The Hall–Kier alpha value is -1.27. The van der Waals surface area contributed by atoms with E-state index in [1.165, 1.54) is 11.3 Å². The first-order valence-electron chi connectivity index (χ1n) is 6.82. The zero-order chi connectivity index (χ0) is 15.5. The summed E-state index contributed by atoms with van der Waals surface area (Å²) in [4.78, 5) is 15.1. The van der Waals surface area contributed by atoms with Crippen LogP contribution in [-0.2, 0) is 4.74 Å². The molecule has 1 aliphatic heterocycles. The van der Waals surface area contributed by atoms with Gasteiger partial charge in [0.2, 0.25) is 0 Å². The van der Waals surface area contributed by atoms with Crippen LogP contribution in [0.3, 0.4) is 0 Å². The molecule has 0 spiro atoms. The molecule has 1 N–H and O–H groups in total. The molecule has 0 aliphatic carbocycles. The Balaban J connectivity index is 1.85. The smallest absolute Gasteiger partial charge is 0.265 e. The number of rotatable bonds is 3. The van der Waals surface area contributed by atoms with E-state index in [4.69, 9.17) is 27.9 Å². The fourth-order valence-electron chi connectivity index (χ4n) is 2.31. The third-order valence-electron chi connectivity index (χ3n) is 3.36. The first-order valence-corrected chi connectivity index (χ1v) is 8.39. The van der Waals surface area contributed by atoms with Crippen molar-refractivity contribution in [3.05, 3.63) is 44.6 Å². The summed E-state index contributed by atoms with van der Waals surface area (Å²) >= 11 is 13.2. The van der Waals surface area contributed by atoms with Crippen LogP contribution in [0.5, 0.6) is 0 Å². The highest BCUT2D eigenvalue weighted by Crippen LogP contribution is 2.31. The summed E-state index contributed by atoms with van der Waals surface area (Å²) in [6, 6.07) is 8.93. The number of anilines is 2. The number of morpholine rings is 1. The molecule has 1 aromatic carbocycles. The Morgan fingerprint density at radius 1 is 1.18 bits per heavy atom. The van der Waals surface area contributed by atoms with Crippen LogP contribution in [-0.4, -0.2) is 32.2 Å². The third kappa shape index (κ3) is 3.55. The van der Waals surface area contributed by atoms with Crippen LogP contribution in [0, 0.1) is 0 Å². The maximum atomic E-state index is 12.3. The van der Waals surface area contributed by atoms with Gasteiger partial charge in [-0.15, -0.1) is 11.3 Å². The average molecular weight is 357 g/mol. The van der Waals surface area contributed by atoms with Gasteiger partial charge in [-0.1, -0.05) is 23.2 Å². The van der Waals surface area contributed by atoms with Gasteiger partial charge in [-0.05, 0) is 30.3 Å². The molecular weight excluding hydrogens is 343 g/mol. The summed E-state index contributed by atoms with van der Waals surface area (Å²) in [5, 5.41) is 3.50. The van der Waals surface area contributed by atoms with Crippen molar-refractivity contribution in [3.8, 4) is 0 Å². The van der Waals surface area contributed by atoms with E-state index in [1.54, 1.807) is 18.2 Å². The molecule has 1 aliphatic rings. The normalized spacial score (nSPS) is 14.9. The largest absolute Gasteiger partial charge is 0.378 e. The first kappa shape index (κ1) is 15.6. The summed E-state index contributed by atoms with van der Waals surface area (Å²) < 4.78 is 5.96. The van der Waals surface area contributed by atoms with Crippen LogP contribution in [0.2, 0.25) is 9.36 Å². The SMILES string of the molecule is O=C(Nc1cc(Cl)ccc1N1CCOCC1)c1ccc(Cl)s1. The Kier molecular flexibility index (Phi) is 4.88. The molecule has 0 atom stereocenters. The number of nitrogens with zero attached hydrogens (tertiary/aromatic N) is 1. The molecule has 116 valence electrons. The number of amides is 1. The molecule has 1 aromatic heterocycles. The molecule has 1 saturated heterocycles. The summed E-state index contributed by atoms with van der Waals surface area (Å²) in [6.07, 6.45) is 0. The fraction of sp³-hybridized carbons (Fsp3) is 0.267. The second-order valence-electron chi connectivity index (χ2n) is 4.82. The van der Waals surface area contributed by atoms with Crippen molar-refractivity contribution in [2.24, 2.45) is 0 Å². The molecule has 0 unspecified atom stereocenters. The summed E-state index contributed by atoms with van der Waals surface area (Å²) in [5.41, 5.74) is 1.65. The van der Waals surface area contributed by atoms with E-state index >= 15 is 0 Å². The van der Waals surface area contributed by atoms with Crippen molar-refractivity contribution in [1.29, 1.82) is 0 Å². The standard InChI is InChI=1S/C15H14Cl2N2O2S/c16-10-1-2-12(19-5-7-21-8-6-19)11(9-10)18-15(20)13-3-4-14(17)22-13/h1-4,9H,5-8H2,(H,18,20). The van der Waals surface area contributed by atoms with E-state index < -0.39 is 0 Å². The van der Waals surface area contributed by atoms with E-state index in [9.17, 15) is 4.79 Å². The van der Waals surface area contributed by atoms with E-state index in [-0.39, 0.29) is 5.91 Å². The number of thiophene rings is 1.